The molecule has 27 heavy (non-hydrogen) atoms. The van der Waals surface area contributed by atoms with E-state index in [-0.39, 0.29) is 29.7 Å². The molecule has 1 fully saturated rings. The molecule has 0 N–H and O–H groups in total. The number of rotatable bonds is 4. The maximum Gasteiger partial charge on any atom is 0.332 e. The number of aromatic nitrogens is 5. The van der Waals surface area contributed by atoms with Gasteiger partial charge in [-0.2, -0.15) is 4.98 Å². The summed E-state index contributed by atoms with van der Waals surface area (Å²) < 4.78 is 8.19. The number of hydrogen-bond donors (Lipinski definition) is 0. The molecule has 0 bridgehead atoms. The molecule has 3 aromatic heterocycles. The largest absolute Gasteiger partial charge is 0.337 e. The van der Waals surface area contributed by atoms with Gasteiger partial charge in [0.1, 0.15) is 12.2 Å². The highest BCUT2D eigenvalue weighted by atomic mass is 16.5. The van der Waals surface area contributed by atoms with E-state index < -0.39 is 0 Å². The zero-order chi connectivity index (χ0) is 18.4. The number of fused-ring (bicyclic) bond motifs is 1. The Bertz CT molecular complexity index is 1250. The van der Waals surface area contributed by atoms with Crippen molar-refractivity contribution < 1.29 is 4.52 Å². The Hall–Kier alpha value is -3.55. The summed E-state index contributed by atoms with van der Waals surface area (Å²) >= 11 is 0. The van der Waals surface area contributed by atoms with Gasteiger partial charge in [-0.25, -0.2) is 4.79 Å². The predicted molar refractivity (Wildman–Crippen MR) is 97.4 cm³/mol. The highest BCUT2D eigenvalue weighted by Gasteiger charge is 2.29. The SMILES string of the molecule is O=c1c2ccccc2n(Cc2nc(-c3ccccn3)no2)c(=O)n1C1CC1. The molecule has 0 saturated heterocycles. The van der Waals surface area contributed by atoms with Crippen molar-refractivity contribution in [2.45, 2.75) is 25.4 Å². The molecule has 3 heterocycles. The summed E-state index contributed by atoms with van der Waals surface area (Å²) in [7, 11) is 0. The van der Waals surface area contributed by atoms with Crippen molar-refractivity contribution in [2.24, 2.45) is 0 Å². The average Bonchev–Trinajstić information content (AvgIpc) is 3.42. The summed E-state index contributed by atoms with van der Waals surface area (Å²) in [6.07, 6.45) is 3.34. The third-order valence-electron chi connectivity index (χ3n) is 4.65. The molecule has 0 unspecified atom stereocenters. The van der Waals surface area contributed by atoms with Gasteiger partial charge < -0.3 is 4.52 Å². The van der Waals surface area contributed by atoms with Crippen LogP contribution in [-0.2, 0) is 6.54 Å². The highest BCUT2D eigenvalue weighted by Crippen LogP contribution is 2.32. The zero-order valence-corrected chi connectivity index (χ0v) is 14.3. The lowest BCUT2D eigenvalue weighted by Crippen LogP contribution is -2.39. The van der Waals surface area contributed by atoms with E-state index in [1.54, 1.807) is 42.6 Å². The van der Waals surface area contributed by atoms with Gasteiger partial charge in [-0.1, -0.05) is 23.4 Å². The Labute approximate surface area is 152 Å². The number of hydrogen-bond acceptors (Lipinski definition) is 6. The molecule has 8 nitrogen and oxygen atoms in total. The Morgan fingerprint density at radius 2 is 1.89 bits per heavy atom. The summed E-state index contributed by atoms with van der Waals surface area (Å²) in [6.45, 7) is 0.0895. The summed E-state index contributed by atoms with van der Waals surface area (Å²) in [4.78, 5) is 34.2. The van der Waals surface area contributed by atoms with Crippen molar-refractivity contribution in [1.82, 2.24) is 24.3 Å². The topological polar surface area (TPSA) is 95.8 Å². The van der Waals surface area contributed by atoms with E-state index in [0.29, 0.717) is 22.4 Å². The second-order valence-electron chi connectivity index (χ2n) is 6.52. The summed E-state index contributed by atoms with van der Waals surface area (Å²) in [5.74, 6) is 0.641. The molecule has 0 radical (unpaired) electrons. The van der Waals surface area contributed by atoms with Crippen LogP contribution in [0.4, 0.5) is 0 Å². The van der Waals surface area contributed by atoms with Gasteiger partial charge in [0.05, 0.1) is 10.9 Å². The van der Waals surface area contributed by atoms with Crippen LogP contribution in [0, 0.1) is 0 Å². The zero-order valence-electron chi connectivity index (χ0n) is 14.3. The number of pyridine rings is 1. The van der Waals surface area contributed by atoms with Crippen molar-refractivity contribution >= 4 is 10.9 Å². The molecule has 1 aromatic carbocycles. The fraction of sp³-hybridized carbons (Fsp3) is 0.211. The van der Waals surface area contributed by atoms with Crippen molar-refractivity contribution in [3.05, 3.63) is 75.4 Å². The minimum absolute atomic E-state index is 0.0207. The first kappa shape index (κ1) is 15.7. The van der Waals surface area contributed by atoms with Gasteiger partial charge in [0, 0.05) is 12.2 Å². The molecule has 8 heteroatoms. The predicted octanol–water partition coefficient (Wildman–Crippen LogP) is 1.99. The van der Waals surface area contributed by atoms with Crippen molar-refractivity contribution in [1.29, 1.82) is 0 Å². The lowest BCUT2D eigenvalue weighted by molar-refractivity contribution is 0.369. The normalized spacial score (nSPS) is 13.9. The third kappa shape index (κ3) is 2.66. The van der Waals surface area contributed by atoms with Gasteiger partial charge in [0.15, 0.2) is 0 Å². The van der Waals surface area contributed by atoms with Crippen LogP contribution < -0.4 is 11.2 Å². The Kier molecular flexibility index (Phi) is 3.49. The molecule has 1 saturated carbocycles. The standard InChI is InChI=1S/C19H15N5O3/c25-18-13-5-1-2-7-15(13)23(19(26)24(18)12-8-9-12)11-16-21-17(22-27-16)14-6-3-4-10-20-14/h1-7,10,12H,8-9,11H2. The van der Waals surface area contributed by atoms with E-state index in [2.05, 4.69) is 15.1 Å². The summed E-state index contributed by atoms with van der Waals surface area (Å²) in [5, 5.41) is 4.46. The van der Waals surface area contributed by atoms with Crippen LogP contribution in [0.1, 0.15) is 24.8 Å². The first-order valence-corrected chi connectivity index (χ1v) is 8.70. The highest BCUT2D eigenvalue weighted by molar-refractivity contribution is 5.77. The number of para-hydroxylation sites is 1. The van der Waals surface area contributed by atoms with Gasteiger partial charge in [-0.3, -0.25) is 18.9 Å². The maximum absolute atomic E-state index is 13.0. The molecular weight excluding hydrogens is 346 g/mol. The van der Waals surface area contributed by atoms with E-state index >= 15 is 0 Å². The summed E-state index contributed by atoms with van der Waals surface area (Å²) in [6, 6.07) is 12.5. The Morgan fingerprint density at radius 3 is 2.67 bits per heavy atom. The van der Waals surface area contributed by atoms with Crippen LogP contribution in [0.25, 0.3) is 22.4 Å². The van der Waals surface area contributed by atoms with E-state index in [9.17, 15) is 9.59 Å². The second-order valence-corrected chi connectivity index (χ2v) is 6.52. The number of nitrogens with zero attached hydrogens (tertiary/aromatic N) is 5. The van der Waals surface area contributed by atoms with Crippen LogP contribution in [0.3, 0.4) is 0 Å². The van der Waals surface area contributed by atoms with Gasteiger partial charge in [0.2, 0.25) is 11.7 Å². The van der Waals surface area contributed by atoms with Crippen LogP contribution in [0.15, 0.2) is 62.8 Å². The molecular formula is C19H15N5O3. The fourth-order valence-corrected chi connectivity index (χ4v) is 3.20. The minimum Gasteiger partial charge on any atom is -0.337 e. The van der Waals surface area contributed by atoms with Crippen LogP contribution in [0.5, 0.6) is 0 Å². The smallest absolute Gasteiger partial charge is 0.332 e. The molecule has 4 aromatic rings. The third-order valence-corrected chi connectivity index (χ3v) is 4.65. The van der Waals surface area contributed by atoms with E-state index in [4.69, 9.17) is 4.52 Å². The second kappa shape index (κ2) is 6.01. The lowest BCUT2D eigenvalue weighted by atomic mass is 10.2. The molecule has 0 atom stereocenters. The van der Waals surface area contributed by atoms with Crippen LogP contribution in [-0.4, -0.2) is 24.3 Å². The molecule has 1 aliphatic rings. The van der Waals surface area contributed by atoms with Crippen molar-refractivity contribution in [3.63, 3.8) is 0 Å². The molecule has 0 amide bonds. The van der Waals surface area contributed by atoms with Crippen LogP contribution >= 0.6 is 0 Å². The monoisotopic (exact) mass is 361 g/mol. The first-order valence-electron chi connectivity index (χ1n) is 8.70. The van der Waals surface area contributed by atoms with Crippen LogP contribution in [0.2, 0.25) is 0 Å². The molecule has 0 aliphatic heterocycles. The van der Waals surface area contributed by atoms with Crippen molar-refractivity contribution in [2.75, 3.05) is 0 Å². The Balaban J connectivity index is 1.63. The Morgan fingerprint density at radius 1 is 1.07 bits per heavy atom. The van der Waals surface area contributed by atoms with Gasteiger partial charge in [-0.05, 0) is 37.1 Å². The van der Waals surface area contributed by atoms with Gasteiger partial charge in [0.25, 0.3) is 5.56 Å². The maximum atomic E-state index is 13.0. The molecule has 5 rings (SSSR count). The molecule has 134 valence electrons. The van der Waals surface area contributed by atoms with Gasteiger partial charge >= 0.3 is 5.69 Å². The van der Waals surface area contributed by atoms with Gasteiger partial charge in [-0.15, -0.1) is 0 Å². The molecule has 0 spiro atoms. The van der Waals surface area contributed by atoms with E-state index in [1.807, 2.05) is 6.07 Å². The minimum atomic E-state index is -0.348. The van der Waals surface area contributed by atoms with E-state index in [0.717, 1.165) is 12.8 Å². The van der Waals surface area contributed by atoms with E-state index in [1.165, 1.54) is 9.13 Å². The average molecular weight is 361 g/mol. The quantitative estimate of drug-likeness (QED) is 0.552. The molecule has 1 aliphatic carbocycles. The van der Waals surface area contributed by atoms with Crippen molar-refractivity contribution in [3.8, 4) is 11.5 Å². The number of benzene rings is 1. The first-order chi connectivity index (χ1) is 13.2. The summed E-state index contributed by atoms with van der Waals surface area (Å²) in [5.41, 5.74) is 0.558. The fourth-order valence-electron chi connectivity index (χ4n) is 3.20. The lowest BCUT2D eigenvalue weighted by Gasteiger charge is -2.12.